The Morgan fingerprint density at radius 1 is 0.905 bits per heavy atom. The zero-order valence-electron chi connectivity index (χ0n) is 11.8. The molecule has 3 rings (SSSR count). The van der Waals surface area contributed by atoms with Gasteiger partial charge in [0.25, 0.3) is 0 Å². The van der Waals surface area contributed by atoms with E-state index in [2.05, 4.69) is 9.97 Å². The summed E-state index contributed by atoms with van der Waals surface area (Å²) >= 11 is 0. The van der Waals surface area contributed by atoms with Gasteiger partial charge in [0.1, 0.15) is 11.5 Å². The Morgan fingerprint density at radius 2 is 1.62 bits per heavy atom. The summed E-state index contributed by atoms with van der Waals surface area (Å²) in [6.07, 6.45) is 1.72. The van der Waals surface area contributed by atoms with Crippen LogP contribution in [0.25, 0.3) is 22.0 Å². The van der Waals surface area contributed by atoms with Gasteiger partial charge in [-0.1, -0.05) is 6.07 Å². The van der Waals surface area contributed by atoms with E-state index in [9.17, 15) is 0 Å². The number of rotatable bonds is 3. The SMILES string of the molecule is COc1cc(OC)cc(-c2ccc3nc(N)ncc3c2)c1. The van der Waals surface area contributed by atoms with Gasteiger partial charge in [-0.2, -0.15) is 0 Å². The lowest BCUT2D eigenvalue weighted by Gasteiger charge is -2.09. The fourth-order valence-corrected chi connectivity index (χ4v) is 2.20. The van der Waals surface area contributed by atoms with Crippen LogP contribution in [0.15, 0.2) is 42.6 Å². The number of anilines is 1. The van der Waals surface area contributed by atoms with Crippen LogP contribution < -0.4 is 15.2 Å². The molecule has 1 heterocycles. The van der Waals surface area contributed by atoms with E-state index in [4.69, 9.17) is 15.2 Å². The van der Waals surface area contributed by atoms with Crippen molar-refractivity contribution in [3.63, 3.8) is 0 Å². The maximum absolute atomic E-state index is 5.59. The molecule has 2 aromatic carbocycles. The minimum absolute atomic E-state index is 0.276. The molecule has 0 aliphatic carbocycles. The number of fused-ring (bicyclic) bond motifs is 1. The van der Waals surface area contributed by atoms with Gasteiger partial charge in [-0.15, -0.1) is 0 Å². The molecule has 0 bridgehead atoms. The summed E-state index contributed by atoms with van der Waals surface area (Å²) in [5.41, 5.74) is 8.45. The molecule has 0 saturated heterocycles. The summed E-state index contributed by atoms with van der Waals surface area (Å²) in [4.78, 5) is 8.22. The lowest BCUT2D eigenvalue weighted by Crippen LogP contribution is -1.94. The predicted octanol–water partition coefficient (Wildman–Crippen LogP) is 2.90. The summed E-state index contributed by atoms with van der Waals surface area (Å²) in [6, 6.07) is 11.7. The number of hydrogen-bond donors (Lipinski definition) is 1. The quantitative estimate of drug-likeness (QED) is 0.799. The highest BCUT2D eigenvalue weighted by molar-refractivity contribution is 5.84. The molecule has 0 aliphatic heterocycles. The summed E-state index contributed by atoms with van der Waals surface area (Å²) < 4.78 is 10.6. The van der Waals surface area contributed by atoms with E-state index in [1.807, 2.05) is 36.4 Å². The second-order valence-corrected chi connectivity index (χ2v) is 4.60. The summed E-state index contributed by atoms with van der Waals surface area (Å²) in [7, 11) is 3.27. The van der Waals surface area contributed by atoms with E-state index in [1.54, 1.807) is 20.4 Å². The van der Waals surface area contributed by atoms with E-state index in [-0.39, 0.29) is 5.95 Å². The first-order valence-electron chi connectivity index (χ1n) is 6.45. The molecule has 5 nitrogen and oxygen atoms in total. The van der Waals surface area contributed by atoms with Crippen LogP contribution in [0.4, 0.5) is 5.95 Å². The zero-order chi connectivity index (χ0) is 14.8. The second-order valence-electron chi connectivity index (χ2n) is 4.60. The first-order chi connectivity index (χ1) is 10.2. The monoisotopic (exact) mass is 281 g/mol. The highest BCUT2D eigenvalue weighted by atomic mass is 16.5. The van der Waals surface area contributed by atoms with Gasteiger partial charge in [-0.05, 0) is 35.4 Å². The van der Waals surface area contributed by atoms with E-state index in [0.717, 1.165) is 33.5 Å². The summed E-state index contributed by atoms with van der Waals surface area (Å²) in [6.45, 7) is 0. The second kappa shape index (κ2) is 5.28. The minimum atomic E-state index is 0.276. The Hall–Kier alpha value is -2.82. The van der Waals surface area contributed by atoms with E-state index in [1.165, 1.54) is 0 Å². The number of nitrogen functional groups attached to an aromatic ring is 1. The van der Waals surface area contributed by atoms with Crippen molar-refractivity contribution in [2.45, 2.75) is 0 Å². The van der Waals surface area contributed by atoms with Crippen LogP contribution in [0.3, 0.4) is 0 Å². The Kier molecular flexibility index (Phi) is 3.31. The number of nitrogens with two attached hydrogens (primary N) is 1. The predicted molar refractivity (Wildman–Crippen MR) is 82.5 cm³/mol. The van der Waals surface area contributed by atoms with Gasteiger partial charge in [0.05, 0.1) is 19.7 Å². The van der Waals surface area contributed by atoms with Crippen molar-refractivity contribution in [2.75, 3.05) is 20.0 Å². The minimum Gasteiger partial charge on any atom is -0.497 e. The molecule has 0 fully saturated rings. The number of ether oxygens (including phenoxy) is 2. The molecule has 5 heteroatoms. The topological polar surface area (TPSA) is 70.3 Å². The molecule has 0 saturated carbocycles. The molecule has 0 aliphatic rings. The van der Waals surface area contributed by atoms with Gasteiger partial charge in [-0.3, -0.25) is 0 Å². The highest BCUT2D eigenvalue weighted by Gasteiger charge is 2.06. The molecule has 0 radical (unpaired) electrons. The average Bonchev–Trinajstić information content (AvgIpc) is 2.53. The lowest BCUT2D eigenvalue weighted by atomic mass is 10.0. The molecule has 0 spiro atoms. The summed E-state index contributed by atoms with van der Waals surface area (Å²) in [5.74, 6) is 1.77. The van der Waals surface area contributed by atoms with E-state index < -0.39 is 0 Å². The van der Waals surface area contributed by atoms with Crippen LogP contribution in [0.1, 0.15) is 0 Å². The molecule has 0 atom stereocenters. The van der Waals surface area contributed by atoms with Gasteiger partial charge in [0.2, 0.25) is 5.95 Å². The van der Waals surface area contributed by atoms with Crippen LogP contribution in [0, 0.1) is 0 Å². The molecule has 0 unspecified atom stereocenters. The molecule has 21 heavy (non-hydrogen) atoms. The molecular weight excluding hydrogens is 266 g/mol. The van der Waals surface area contributed by atoms with E-state index >= 15 is 0 Å². The van der Waals surface area contributed by atoms with E-state index in [0.29, 0.717) is 0 Å². The number of methoxy groups -OCH3 is 2. The number of nitrogens with zero attached hydrogens (tertiary/aromatic N) is 2. The third-order valence-corrected chi connectivity index (χ3v) is 3.28. The normalized spacial score (nSPS) is 10.6. The molecule has 0 amide bonds. The smallest absolute Gasteiger partial charge is 0.220 e. The van der Waals surface area contributed by atoms with Crippen molar-refractivity contribution in [3.05, 3.63) is 42.6 Å². The van der Waals surface area contributed by atoms with Crippen LogP contribution in [-0.4, -0.2) is 24.2 Å². The van der Waals surface area contributed by atoms with Crippen LogP contribution in [-0.2, 0) is 0 Å². The maximum atomic E-state index is 5.59. The van der Waals surface area contributed by atoms with Crippen molar-refractivity contribution in [2.24, 2.45) is 0 Å². The fourth-order valence-electron chi connectivity index (χ4n) is 2.20. The third-order valence-electron chi connectivity index (χ3n) is 3.28. The van der Waals surface area contributed by atoms with Crippen molar-refractivity contribution < 1.29 is 9.47 Å². The number of aromatic nitrogens is 2. The van der Waals surface area contributed by atoms with Crippen molar-refractivity contribution in [1.29, 1.82) is 0 Å². The molecule has 106 valence electrons. The van der Waals surface area contributed by atoms with Gasteiger partial charge >= 0.3 is 0 Å². The Balaban J connectivity index is 2.13. The average molecular weight is 281 g/mol. The van der Waals surface area contributed by atoms with Crippen LogP contribution in [0.2, 0.25) is 0 Å². The first-order valence-corrected chi connectivity index (χ1v) is 6.45. The zero-order valence-corrected chi connectivity index (χ0v) is 11.8. The fraction of sp³-hybridized carbons (Fsp3) is 0.125. The molecule has 3 aromatic rings. The van der Waals surface area contributed by atoms with Gasteiger partial charge in [0.15, 0.2) is 0 Å². The third kappa shape index (κ3) is 2.58. The van der Waals surface area contributed by atoms with Gasteiger partial charge in [-0.25, -0.2) is 9.97 Å². The first kappa shape index (κ1) is 13.2. The maximum Gasteiger partial charge on any atom is 0.220 e. The van der Waals surface area contributed by atoms with Gasteiger partial charge < -0.3 is 15.2 Å². The van der Waals surface area contributed by atoms with Crippen LogP contribution in [0.5, 0.6) is 11.5 Å². The molecular formula is C16H15N3O2. The largest absolute Gasteiger partial charge is 0.497 e. The van der Waals surface area contributed by atoms with Crippen molar-refractivity contribution >= 4 is 16.9 Å². The Bertz CT molecular complexity index is 780. The molecule has 2 N–H and O–H groups in total. The Labute approximate surface area is 122 Å². The standard InChI is InChI=1S/C16H15N3O2/c1-20-13-6-11(7-14(8-13)21-2)10-3-4-15-12(5-10)9-18-16(17)19-15/h3-9H,1-2H3,(H2,17,18,19). The van der Waals surface area contributed by atoms with Crippen LogP contribution >= 0.6 is 0 Å². The highest BCUT2D eigenvalue weighted by Crippen LogP contribution is 2.31. The molecule has 1 aromatic heterocycles. The van der Waals surface area contributed by atoms with Gasteiger partial charge in [0, 0.05) is 17.6 Å². The summed E-state index contributed by atoms with van der Waals surface area (Å²) in [5, 5.41) is 0.934. The number of hydrogen-bond acceptors (Lipinski definition) is 5. The Morgan fingerprint density at radius 3 is 2.29 bits per heavy atom. The van der Waals surface area contributed by atoms with Crippen molar-refractivity contribution in [1.82, 2.24) is 9.97 Å². The van der Waals surface area contributed by atoms with Crippen molar-refractivity contribution in [3.8, 4) is 22.6 Å². The lowest BCUT2D eigenvalue weighted by molar-refractivity contribution is 0.394. The number of benzene rings is 2.